The smallest absolute Gasteiger partial charge is 0.119 e. The maximum absolute atomic E-state index is 12.8. The highest BCUT2D eigenvalue weighted by atomic mass is 16.5. The third-order valence-electron chi connectivity index (χ3n) is 10.0. The van der Waals surface area contributed by atoms with E-state index >= 15 is 0 Å². The van der Waals surface area contributed by atoms with Crippen molar-refractivity contribution in [3.63, 3.8) is 0 Å². The summed E-state index contributed by atoms with van der Waals surface area (Å²) >= 11 is 0. The fourth-order valence-corrected chi connectivity index (χ4v) is 8.03. The van der Waals surface area contributed by atoms with E-state index < -0.39 is 5.60 Å². The van der Waals surface area contributed by atoms with Gasteiger partial charge in [0.2, 0.25) is 0 Å². The summed E-state index contributed by atoms with van der Waals surface area (Å²) in [6, 6.07) is 7.34. The maximum atomic E-state index is 12.8. The Morgan fingerprint density at radius 2 is 1.97 bits per heavy atom. The van der Waals surface area contributed by atoms with E-state index in [4.69, 9.17) is 9.84 Å². The molecule has 1 aromatic carbocycles. The molecular formula is C28H37N3O2. The number of rotatable bonds is 4. The van der Waals surface area contributed by atoms with Gasteiger partial charge in [0, 0.05) is 36.5 Å². The van der Waals surface area contributed by atoms with Gasteiger partial charge in [-0.1, -0.05) is 18.9 Å². The number of hydrogen-bond donors (Lipinski definition) is 1. The fourth-order valence-electron chi connectivity index (χ4n) is 8.03. The van der Waals surface area contributed by atoms with Crippen LogP contribution in [0.15, 0.2) is 18.2 Å². The minimum atomic E-state index is -0.749. The Morgan fingerprint density at radius 3 is 2.73 bits per heavy atom. The fraction of sp³-hybridized carbons (Fsp3) is 0.679. The number of hydrogen-bond acceptors (Lipinski definition) is 4. The number of likely N-dealkylation sites (tertiary alicyclic amines) is 1. The predicted octanol–water partition coefficient (Wildman–Crippen LogP) is 4.12. The van der Waals surface area contributed by atoms with E-state index in [2.05, 4.69) is 34.7 Å². The van der Waals surface area contributed by atoms with Crippen LogP contribution in [0.4, 0.5) is 0 Å². The summed E-state index contributed by atoms with van der Waals surface area (Å²) in [5.41, 5.74) is 5.60. The van der Waals surface area contributed by atoms with Crippen molar-refractivity contribution in [1.82, 2.24) is 14.7 Å². The highest BCUT2D eigenvalue weighted by Crippen LogP contribution is 2.58. The number of ether oxygens (including phenoxy) is 1. The molecule has 5 heteroatoms. The van der Waals surface area contributed by atoms with Gasteiger partial charge in [-0.2, -0.15) is 5.10 Å². The van der Waals surface area contributed by atoms with Gasteiger partial charge in [0.25, 0.3) is 0 Å². The van der Waals surface area contributed by atoms with E-state index in [1.165, 1.54) is 66.6 Å². The molecule has 0 radical (unpaired) electrons. The first-order valence-electron chi connectivity index (χ1n) is 13.2. The van der Waals surface area contributed by atoms with Gasteiger partial charge in [-0.25, -0.2) is 0 Å². The maximum Gasteiger partial charge on any atom is 0.119 e. The lowest BCUT2D eigenvalue weighted by Crippen LogP contribution is -2.74. The Kier molecular flexibility index (Phi) is 4.40. The first-order chi connectivity index (χ1) is 16.0. The van der Waals surface area contributed by atoms with Crippen LogP contribution in [0.2, 0.25) is 0 Å². The summed E-state index contributed by atoms with van der Waals surface area (Å²) in [6.45, 7) is 4.49. The summed E-state index contributed by atoms with van der Waals surface area (Å²) in [4.78, 5) is 2.66. The van der Waals surface area contributed by atoms with Crippen molar-refractivity contribution in [3.8, 4) is 5.75 Å². The zero-order chi connectivity index (χ0) is 22.4. The number of aromatic nitrogens is 2. The normalized spacial score (nSPS) is 33.5. The van der Waals surface area contributed by atoms with Crippen LogP contribution in [0, 0.1) is 12.8 Å². The lowest BCUT2D eigenvalue weighted by atomic mass is 9.49. The van der Waals surface area contributed by atoms with Crippen LogP contribution in [-0.4, -0.2) is 51.6 Å². The third-order valence-corrected chi connectivity index (χ3v) is 10.0. The van der Waals surface area contributed by atoms with Gasteiger partial charge in [-0.15, -0.1) is 0 Å². The molecular weight excluding hydrogens is 410 g/mol. The van der Waals surface area contributed by atoms with Crippen LogP contribution < -0.4 is 4.74 Å². The molecule has 2 bridgehead atoms. The molecule has 33 heavy (non-hydrogen) atoms. The van der Waals surface area contributed by atoms with Gasteiger partial charge >= 0.3 is 0 Å². The van der Waals surface area contributed by atoms with Gasteiger partial charge in [0.1, 0.15) is 5.75 Å². The van der Waals surface area contributed by atoms with Crippen molar-refractivity contribution in [2.75, 3.05) is 20.2 Å². The minimum Gasteiger partial charge on any atom is -0.497 e. The van der Waals surface area contributed by atoms with Crippen molar-refractivity contribution < 1.29 is 9.84 Å². The SMILES string of the molecule is COc1ccc2c(c1)[C@]13CCN(CC4CC4)[C@H](C2)[C@]1(O)Cc1c(nn(C2CCCC2)c1C)C3. The molecule has 2 aromatic rings. The number of piperidine rings is 1. The molecule has 1 N–H and O–H groups in total. The topological polar surface area (TPSA) is 50.5 Å². The van der Waals surface area contributed by atoms with E-state index in [1.807, 2.05) is 0 Å². The van der Waals surface area contributed by atoms with Crippen molar-refractivity contribution in [2.24, 2.45) is 5.92 Å². The van der Waals surface area contributed by atoms with Gasteiger partial charge in [0.15, 0.2) is 0 Å². The second-order valence-electron chi connectivity index (χ2n) is 11.7. The molecule has 4 aliphatic carbocycles. The molecule has 1 saturated heterocycles. The zero-order valence-electron chi connectivity index (χ0n) is 20.1. The summed E-state index contributed by atoms with van der Waals surface area (Å²) in [5.74, 6) is 1.74. The highest BCUT2D eigenvalue weighted by molar-refractivity contribution is 5.52. The monoisotopic (exact) mass is 447 g/mol. The van der Waals surface area contributed by atoms with Gasteiger partial charge in [0.05, 0.1) is 24.4 Å². The standard InChI is InChI=1S/C28H37N3O2/c1-18-23-15-28(32)26-13-20-9-10-22(33-2)14-24(20)27(28,11-12-30(26)17-19-7-8-19)16-25(23)29-31(18)21-5-3-4-6-21/h9-10,14,19,21,26,32H,3-8,11-13,15-17H2,1-2H3/t26-,27-,28-/m1/s1. The first-order valence-corrected chi connectivity index (χ1v) is 13.2. The van der Waals surface area contributed by atoms with Crippen LogP contribution in [-0.2, 0) is 24.7 Å². The third kappa shape index (κ3) is 2.81. The number of aliphatic hydroxyl groups is 1. The minimum absolute atomic E-state index is 0.190. The van der Waals surface area contributed by atoms with E-state index in [9.17, 15) is 5.11 Å². The molecule has 5 nitrogen and oxygen atoms in total. The number of benzene rings is 1. The average Bonchev–Trinajstić information content (AvgIpc) is 3.36. The molecule has 1 aromatic heterocycles. The average molecular weight is 448 g/mol. The summed E-state index contributed by atoms with van der Waals surface area (Å²) in [7, 11) is 1.75. The Balaban J connectivity index is 1.38. The molecule has 2 saturated carbocycles. The molecule has 2 heterocycles. The molecule has 5 aliphatic rings. The van der Waals surface area contributed by atoms with Crippen molar-refractivity contribution in [3.05, 3.63) is 46.3 Å². The highest BCUT2D eigenvalue weighted by Gasteiger charge is 2.65. The summed E-state index contributed by atoms with van der Waals surface area (Å²) in [6.07, 6.45) is 11.4. The summed E-state index contributed by atoms with van der Waals surface area (Å²) in [5, 5.41) is 18.1. The molecule has 3 atom stereocenters. The second-order valence-corrected chi connectivity index (χ2v) is 11.7. The van der Waals surface area contributed by atoms with E-state index in [0.29, 0.717) is 6.04 Å². The lowest BCUT2D eigenvalue weighted by molar-refractivity contribution is -0.152. The largest absolute Gasteiger partial charge is 0.497 e. The second kappa shape index (κ2) is 7.08. The van der Waals surface area contributed by atoms with E-state index in [1.54, 1.807) is 7.11 Å². The van der Waals surface area contributed by atoms with Crippen molar-refractivity contribution >= 4 is 0 Å². The number of methoxy groups -OCH3 is 1. The van der Waals surface area contributed by atoms with Crippen LogP contribution in [0.5, 0.6) is 5.75 Å². The van der Waals surface area contributed by atoms with Crippen LogP contribution in [0.3, 0.4) is 0 Å². The zero-order valence-corrected chi connectivity index (χ0v) is 20.1. The molecule has 7 rings (SSSR count). The first kappa shape index (κ1) is 20.5. The molecule has 0 unspecified atom stereocenters. The molecule has 1 aliphatic heterocycles. The molecule has 176 valence electrons. The van der Waals surface area contributed by atoms with E-state index in [0.717, 1.165) is 50.4 Å². The molecule has 3 fully saturated rings. The van der Waals surface area contributed by atoms with Crippen LogP contribution in [0.1, 0.15) is 79.1 Å². The Morgan fingerprint density at radius 1 is 1.15 bits per heavy atom. The van der Waals surface area contributed by atoms with Crippen molar-refractivity contribution in [1.29, 1.82) is 0 Å². The number of nitrogens with zero attached hydrogens (tertiary/aromatic N) is 3. The predicted molar refractivity (Wildman–Crippen MR) is 128 cm³/mol. The Labute approximate surface area is 197 Å². The lowest BCUT2D eigenvalue weighted by Gasteiger charge is -2.63. The Hall–Kier alpha value is -1.85. The summed E-state index contributed by atoms with van der Waals surface area (Å²) < 4.78 is 8.00. The molecule has 0 amide bonds. The number of fused-ring (bicyclic) bond motifs is 2. The molecule has 0 spiro atoms. The van der Waals surface area contributed by atoms with Gasteiger partial charge in [-0.05, 0) is 86.7 Å². The van der Waals surface area contributed by atoms with Gasteiger partial charge in [-0.3, -0.25) is 9.58 Å². The van der Waals surface area contributed by atoms with E-state index in [-0.39, 0.29) is 11.5 Å². The Bertz CT molecular complexity index is 1100. The van der Waals surface area contributed by atoms with Crippen LogP contribution >= 0.6 is 0 Å². The van der Waals surface area contributed by atoms with Gasteiger partial charge < -0.3 is 9.84 Å². The van der Waals surface area contributed by atoms with Crippen molar-refractivity contribution in [2.45, 2.75) is 94.2 Å². The van der Waals surface area contributed by atoms with Crippen LogP contribution in [0.25, 0.3) is 0 Å². The quantitative estimate of drug-likeness (QED) is 0.766.